The number of alkyl halides is 1. The molecule has 108 valence electrons. The minimum atomic E-state index is 0.348. The van der Waals surface area contributed by atoms with Gasteiger partial charge in [0, 0.05) is 11.5 Å². The van der Waals surface area contributed by atoms with Crippen LogP contribution in [0.4, 0.5) is 0 Å². The van der Waals surface area contributed by atoms with Gasteiger partial charge in [0.25, 0.3) is 0 Å². The van der Waals surface area contributed by atoms with Crippen molar-refractivity contribution in [3.8, 4) is 0 Å². The van der Waals surface area contributed by atoms with Crippen molar-refractivity contribution in [2.45, 2.75) is 71.3 Å². The van der Waals surface area contributed by atoms with Gasteiger partial charge in [0.1, 0.15) is 0 Å². The number of hydrogen-bond acceptors (Lipinski definition) is 1. The summed E-state index contributed by atoms with van der Waals surface area (Å²) in [7, 11) is 0. The van der Waals surface area contributed by atoms with Crippen molar-refractivity contribution in [3.63, 3.8) is 0 Å². The van der Waals surface area contributed by atoms with Crippen LogP contribution in [0.1, 0.15) is 70.5 Å². The minimum Gasteiger partial charge on any atom is -0.269 e. The summed E-state index contributed by atoms with van der Waals surface area (Å²) in [4.78, 5) is 0. The second kappa shape index (κ2) is 6.92. The summed E-state index contributed by atoms with van der Waals surface area (Å²) in [6, 6.07) is 2.88. The highest BCUT2D eigenvalue weighted by atomic mass is 79.9. The molecule has 3 heteroatoms. The zero-order valence-corrected chi connectivity index (χ0v) is 14.0. The van der Waals surface area contributed by atoms with Crippen LogP contribution < -0.4 is 0 Å². The Morgan fingerprint density at radius 3 is 2.74 bits per heavy atom. The van der Waals surface area contributed by atoms with Gasteiger partial charge in [-0.1, -0.05) is 55.5 Å². The Morgan fingerprint density at radius 2 is 2.11 bits per heavy atom. The van der Waals surface area contributed by atoms with Gasteiger partial charge in [0.2, 0.25) is 0 Å². The first-order valence-electron chi connectivity index (χ1n) is 7.77. The molecule has 1 heterocycles. The highest BCUT2D eigenvalue weighted by Crippen LogP contribution is 2.31. The summed E-state index contributed by atoms with van der Waals surface area (Å²) >= 11 is 3.68. The van der Waals surface area contributed by atoms with Crippen molar-refractivity contribution >= 4 is 15.9 Å². The molecule has 1 aromatic heterocycles. The average molecular weight is 327 g/mol. The van der Waals surface area contributed by atoms with E-state index in [1.54, 1.807) is 0 Å². The van der Waals surface area contributed by atoms with Gasteiger partial charge in [-0.2, -0.15) is 5.10 Å². The third-order valence-corrected chi connectivity index (χ3v) is 5.75. The molecule has 1 saturated carbocycles. The Bertz CT molecular complexity index is 382. The molecular weight excluding hydrogens is 300 g/mol. The average Bonchev–Trinajstić information content (AvgIpc) is 2.88. The third-order valence-electron chi connectivity index (χ3n) is 4.40. The molecule has 0 saturated heterocycles. The molecule has 0 aromatic carbocycles. The lowest BCUT2D eigenvalue weighted by molar-refractivity contribution is 0.315. The fraction of sp³-hybridized carbons (Fsp3) is 0.812. The van der Waals surface area contributed by atoms with Crippen LogP contribution in [-0.2, 0) is 6.42 Å². The lowest BCUT2D eigenvalue weighted by atomic mass is 9.83. The SMILES string of the molecule is CCCC(C)(CBr)Cc1ccn(C2CCCCC2)n1. The summed E-state index contributed by atoms with van der Waals surface area (Å²) < 4.78 is 2.23. The van der Waals surface area contributed by atoms with E-state index in [1.165, 1.54) is 50.6 Å². The molecule has 0 radical (unpaired) electrons. The minimum absolute atomic E-state index is 0.348. The number of halogens is 1. The second-order valence-electron chi connectivity index (χ2n) is 6.45. The van der Waals surface area contributed by atoms with E-state index >= 15 is 0 Å². The smallest absolute Gasteiger partial charge is 0.0630 e. The van der Waals surface area contributed by atoms with Crippen LogP contribution in [0.3, 0.4) is 0 Å². The van der Waals surface area contributed by atoms with Gasteiger partial charge in [-0.3, -0.25) is 4.68 Å². The summed E-state index contributed by atoms with van der Waals surface area (Å²) in [5.74, 6) is 0. The Balaban J connectivity index is 1.99. The quantitative estimate of drug-likeness (QED) is 0.662. The van der Waals surface area contributed by atoms with Crippen LogP contribution in [0.15, 0.2) is 12.3 Å². The molecule has 1 atom stereocenters. The summed E-state index contributed by atoms with van der Waals surface area (Å²) in [6.07, 6.45) is 12.6. The summed E-state index contributed by atoms with van der Waals surface area (Å²) in [5, 5.41) is 5.90. The Kier molecular flexibility index (Phi) is 5.49. The van der Waals surface area contributed by atoms with E-state index in [4.69, 9.17) is 5.10 Å². The first-order valence-corrected chi connectivity index (χ1v) is 8.89. The van der Waals surface area contributed by atoms with Crippen LogP contribution in [0.25, 0.3) is 0 Å². The fourth-order valence-electron chi connectivity index (χ4n) is 3.26. The highest BCUT2D eigenvalue weighted by Gasteiger charge is 2.24. The van der Waals surface area contributed by atoms with E-state index in [2.05, 4.69) is 46.7 Å². The topological polar surface area (TPSA) is 17.8 Å². The van der Waals surface area contributed by atoms with Crippen molar-refractivity contribution in [3.05, 3.63) is 18.0 Å². The predicted octanol–water partition coefficient (Wildman–Crippen LogP) is 5.13. The molecule has 0 spiro atoms. The maximum Gasteiger partial charge on any atom is 0.0630 e. The molecule has 2 rings (SSSR count). The van der Waals surface area contributed by atoms with Crippen molar-refractivity contribution in [2.24, 2.45) is 5.41 Å². The second-order valence-corrected chi connectivity index (χ2v) is 7.01. The molecule has 0 bridgehead atoms. The fourth-order valence-corrected chi connectivity index (χ4v) is 3.74. The molecular formula is C16H27BrN2. The Hall–Kier alpha value is -0.310. The third kappa shape index (κ3) is 4.08. The molecule has 1 aromatic rings. The van der Waals surface area contributed by atoms with Crippen LogP contribution >= 0.6 is 15.9 Å². The zero-order valence-electron chi connectivity index (χ0n) is 12.4. The molecule has 19 heavy (non-hydrogen) atoms. The first kappa shape index (κ1) is 15.1. The number of nitrogens with zero attached hydrogens (tertiary/aromatic N) is 2. The van der Waals surface area contributed by atoms with Crippen LogP contribution in [-0.4, -0.2) is 15.1 Å². The zero-order chi connectivity index (χ0) is 13.7. The maximum atomic E-state index is 4.84. The number of aromatic nitrogens is 2. The Labute approximate surface area is 126 Å². The highest BCUT2D eigenvalue weighted by molar-refractivity contribution is 9.09. The molecule has 0 amide bonds. The van der Waals surface area contributed by atoms with E-state index in [0.29, 0.717) is 11.5 Å². The standard InChI is InChI=1S/C16H27BrN2/c1-3-10-16(2,13-17)12-14-9-11-19(18-14)15-7-5-4-6-8-15/h9,11,15H,3-8,10,12-13H2,1-2H3. The largest absolute Gasteiger partial charge is 0.269 e. The van der Waals surface area contributed by atoms with Gasteiger partial charge in [-0.15, -0.1) is 0 Å². The summed E-state index contributed by atoms with van der Waals surface area (Å²) in [5.41, 5.74) is 1.61. The van der Waals surface area contributed by atoms with Gasteiger partial charge in [0.15, 0.2) is 0 Å². The van der Waals surface area contributed by atoms with Gasteiger partial charge >= 0.3 is 0 Å². The molecule has 0 aliphatic heterocycles. The van der Waals surface area contributed by atoms with Crippen LogP contribution in [0, 0.1) is 5.41 Å². The first-order chi connectivity index (χ1) is 9.17. The van der Waals surface area contributed by atoms with Gasteiger partial charge in [0.05, 0.1) is 11.7 Å². The molecule has 1 aliphatic rings. The van der Waals surface area contributed by atoms with E-state index < -0.39 is 0 Å². The van der Waals surface area contributed by atoms with E-state index in [9.17, 15) is 0 Å². The lowest BCUT2D eigenvalue weighted by Crippen LogP contribution is -2.22. The van der Waals surface area contributed by atoms with Crippen molar-refractivity contribution in [2.75, 3.05) is 5.33 Å². The summed E-state index contributed by atoms with van der Waals surface area (Å²) in [6.45, 7) is 4.63. The van der Waals surface area contributed by atoms with Gasteiger partial charge in [-0.25, -0.2) is 0 Å². The monoisotopic (exact) mass is 326 g/mol. The predicted molar refractivity (Wildman–Crippen MR) is 84.9 cm³/mol. The number of rotatable bonds is 6. The number of hydrogen-bond donors (Lipinski definition) is 0. The molecule has 1 fully saturated rings. The van der Waals surface area contributed by atoms with E-state index in [-0.39, 0.29) is 0 Å². The molecule has 1 unspecified atom stereocenters. The van der Waals surface area contributed by atoms with Crippen molar-refractivity contribution < 1.29 is 0 Å². The van der Waals surface area contributed by atoms with E-state index in [1.807, 2.05) is 0 Å². The van der Waals surface area contributed by atoms with E-state index in [0.717, 1.165) is 11.8 Å². The maximum absolute atomic E-state index is 4.84. The van der Waals surface area contributed by atoms with Crippen molar-refractivity contribution in [1.82, 2.24) is 9.78 Å². The van der Waals surface area contributed by atoms with Crippen molar-refractivity contribution in [1.29, 1.82) is 0 Å². The normalized spacial score (nSPS) is 20.4. The van der Waals surface area contributed by atoms with Gasteiger partial charge in [-0.05, 0) is 37.2 Å². The van der Waals surface area contributed by atoms with Crippen LogP contribution in [0.2, 0.25) is 0 Å². The molecule has 0 N–H and O–H groups in total. The van der Waals surface area contributed by atoms with Crippen LogP contribution in [0.5, 0.6) is 0 Å². The molecule has 2 nitrogen and oxygen atoms in total. The molecule has 1 aliphatic carbocycles. The van der Waals surface area contributed by atoms with Gasteiger partial charge < -0.3 is 0 Å². The lowest BCUT2D eigenvalue weighted by Gasteiger charge is -2.26. The Morgan fingerprint density at radius 1 is 1.37 bits per heavy atom.